The second-order valence-electron chi connectivity index (χ2n) is 14.1. The van der Waals surface area contributed by atoms with Gasteiger partial charge in [-0.1, -0.05) is 62.1 Å². The summed E-state index contributed by atoms with van der Waals surface area (Å²) in [4.78, 5) is 44.5. The summed E-state index contributed by atoms with van der Waals surface area (Å²) in [5.41, 5.74) is -0.321. The van der Waals surface area contributed by atoms with Crippen LogP contribution in [0.4, 0.5) is 11.4 Å². The molecule has 41 heavy (non-hydrogen) atoms. The molecule has 0 aliphatic heterocycles. The number of ether oxygens (including phenoxy) is 2. The average molecular weight is 574 g/mol. The predicted molar refractivity (Wildman–Crippen MR) is 165 cm³/mol. The van der Waals surface area contributed by atoms with Crippen molar-refractivity contribution >= 4 is 37.3 Å². The van der Waals surface area contributed by atoms with Gasteiger partial charge in [0.25, 0.3) is 0 Å². The number of hydrogen-bond acceptors (Lipinski definition) is 5. The molecule has 218 valence electrons. The first-order valence-corrected chi connectivity index (χ1v) is 17.8. The lowest BCUT2D eigenvalue weighted by molar-refractivity contribution is -0.154. The molecule has 0 saturated heterocycles. The molecule has 1 atom stereocenters. The molecule has 0 radical (unpaired) electrons. The molecule has 4 rings (SSSR count). The average Bonchev–Trinajstić information content (AvgIpc) is 3.62. The van der Waals surface area contributed by atoms with Crippen molar-refractivity contribution in [1.82, 2.24) is 0 Å². The van der Waals surface area contributed by atoms with E-state index in [1.807, 2.05) is 108 Å². The van der Waals surface area contributed by atoms with E-state index in [4.69, 9.17) is 9.47 Å². The van der Waals surface area contributed by atoms with Crippen LogP contribution in [0.3, 0.4) is 0 Å². The number of hydrogen-bond donors (Lipinski definition) is 0. The number of para-hydroxylation sites is 2. The van der Waals surface area contributed by atoms with Crippen molar-refractivity contribution in [3.63, 3.8) is 0 Å². The summed E-state index contributed by atoms with van der Waals surface area (Å²) >= 11 is 0. The molecule has 1 saturated carbocycles. The Morgan fingerprint density at radius 2 is 1.20 bits per heavy atom. The zero-order valence-corrected chi connectivity index (χ0v) is 26.8. The highest BCUT2D eigenvalue weighted by atomic mass is 28.3. The minimum atomic E-state index is -2.30. The third-order valence-electron chi connectivity index (χ3n) is 7.26. The van der Waals surface area contributed by atoms with Gasteiger partial charge in [-0.2, -0.15) is 0 Å². The molecular weight excluding hydrogens is 530 g/mol. The SMILES string of the molecule is CC(C)(C)OC(=O)C1=C(C(=O)OC(C)(C)C)C2(CC2)[C@@H](C(=O)N(c2ccccc2)c2ccccc2)C=C1[Si](C)(C)C. The summed E-state index contributed by atoms with van der Waals surface area (Å²) in [6, 6.07) is 19.1. The van der Waals surface area contributed by atoms with E-state index in [2.05, 4.69) is 19.6 Å². The Morgan fingerprint density at radius 1 is 0.756 bits per heavy atom. The van der Waals surface area contributed by atoms with Crippen molar-refractivity contribution in [3.05, 3.63) is 83.1 Å². The third kappa shape index (κ3) is 6.56. The van der Waals surface area contributed by atoms with Crippen LogP contribution in [0.1, 0.15) is 54.4 Å². The van der Waals surface area contributed by atoms with Gasteiger partial charge in [-0.3, -0.25) is 9.69 Å². The minimum Gasteiger partial charge on any atom is -0.457 e. The van der Waals surface area contributed by atoms with Gasteiger partial charge in [-0.15, -0.1) is 0 Å². The number of nitrogens with zero attached hydrogens (tertiary/aromatic N) is 1. The predicted octanol–water partition coefficient (Wildman–Crippen LogP) is 7.55. The number of rotatable bonds is 6. The molecule has 0 bridgehead atoms. The fourth-order valence-electron chi connectivity index (χ4n) is 5.45. The lowest BCUT2D eigenvalue weighted by Crippen LogP contribution is -2.45. The van der Waals surface area contributed by atoms with E-state index in [-0.39, 0.29) is 5.91 Å². The molecule has 1 fully saturated rings. The van der Waals surface area contributed by atoms with E-state index >= 15 is 0 Å². The van der Waals surface area contributed by atoms with Gasteiger partial charge >= 0.3 is 11.9 Å². The van der Waals surface area contributed by atoms with E-state index in [1.54, 1.807) is 4.90 Å². The smallest absolute Gasteiger partial charge is 0.339 e. The van der Waals surface area contributed by atoms with Crippen molar-refractivity contribution in [2.75, 3.05) is 4.90 Å². The van der Waals surface area contributed by atoms with Crippen LogP contribution in [0, 0.1) is 11.3 Å². The van der Waals surface area contributed by atoms with Crippen molar-refractivity contribution < 1.29 is 23.9 Å². The molecule has 1 spiro atoms. The van der Waals surface area contributed by atoms with E-state index in [0.717, 1.165) is 16.6 Å². The topological polar surface area (TPSA) is 72.9 Å². The maximum atomic E-state index is 14.8. The summed E-state index contributed by atoms with van der Waals surface area (Å²) in [5, 5.41) is 0.754. The van der Waals surface area contributed by atoms with Gasteiger partial charge < -0.3 is 9.47 Å². The van der Waals surface area contributed by atoms with Crippen LogP contribution in [-0.4, -0.2) is 37.1 Å². The molecule has 7 heteroatoms. The van der Waals surface area contributed by atoms with Crippen LogP contribution in [0.25, 0.3) is 0 Å². The number of esters is 2. The Morgan fingerprint density at radius 3 is 1.59 bits per heavy atom. The van der Waals surface area contributed by atoms with Crippen LogP contribution in [0.15, 0.2) is 83.1 Å². The van der Waals surface area contributed by atoms with Crippen molar-refractivity contribution in [2.45, 2.75) is 85.2 Å². The first-order valence-electron chi connectivity index (χ1n) is 14.3. The molecule has 6 nitrogen and oxygen atoms in total. The molecule has 0 aromatic heterocycles. The van der Waals surface area contributed by atoms with Gasteiger partial charge in [0.1, 0.15) is 11.2 Å². The summed E-state index contributed by atoms with van der Waals surface area (Å²) in [5.74, 6) is -1.88. The van der Waals surface area contributed by atoms with Crippen LogP contribution >= 0.6 is 0 Å². The van der Waals surface area contributed by atoms with Gasteiger partial charge in [0, 0.05) is 16.8 Å². The number of carbonyl (C=O) groups excluding carboxylic acids is 3. The van der Waals surface area contributed by atoms with Crippen LogP contribution in [0.5, 0.6) is 0 Å². The normalized spacial score (nSPS) is 18.5. The Labute approximate surface area is 245 Å². The lowest BCUT2D eigenvalue weighted by Gasteiger charge is -2.39. The maximum Gasteiger partial charge on any atom is 0.339 e. The Hall–Kier alpha value is -3.45. The van der Waals surface area contributed by atoms with E-state index in [1.165, 1.54) is 0 Å². The van der Waals surface area contributed by atoms with Gasteiger partial charge in [0.2, 0.25) is 5.91 Å². The zero-order chi connectivity index (χ0) is 30.4. The largest absolute Gasteiger partial charge is 0.457 e. The highest BCUT2D eigenvalue weighted by Gasteiger charge is 2.62. The van der Waals surface area contributed by atoms with E-state index in [9.17, 15) is 14.4 Å². The standard InChI is InChI=1S/C34H43NO5Si/c1-32(2,3)39-30(37)27-26(41(7,8)9)22-25(34(20-21-34)28(27)31(38)40-33(4,5)6)29(36)35(23-16-12-10-13-17-23)24-18-14-11-15-19-24/h10-19,22,25H,20-21H2,1-9H3/t25-/m1/s1. The summed E-state index contributed by atoms with van der Waals surface area (Å²) in [6.45, 7) is 17.2. The highest BCUT2D eigenvalue weighted by Crippen LogP contribution is 2.63. The minimum absolute atomic E-state index is 0.139. The van der Waals surface area contributed by atoms with Gasteiger partial charge in [0.05, 0.1) is 25.1 Å². The molecule has 1 amide bonds. The van der Waals surface area contributed by atoms with E-state index in [0.29, 0.717) is 24.0 Å². The molecule has 2 aliphatic rings. The first kappa shape index (κ1) is 30.5. The first-order chi connectivity index (χ1) is 18.9. The molecular formula is C34H43NO5Si. The van der Waals surface area contributed by atoms with E-state index < -0.39 is 42.5 Å². The molecule has 2 aromatic rings. The molecule has 0 unspecified atom stereocenters. The van der Waals surface area contributed by atoms with Crippen LogP contribution in [-0.2, 0) is 23.9 Å². The number of carbonyl (C=O) groups is 3. The van der Waals surface area contributed by atoms with Crippen molar-refractivity contribution in [3.8, 4) is 0 Å². The van der Waals surface area contributed by atoms with Crippen molar-refractivity contribution in [2.24, 2.45) is 11.3 Å². The fraction of sp³-hybridized carbons (Fsp3) is 0.441. The van der Waals surface area contributed by atoms with Crippen LogP contribution < -0.4 is 4.90 Å². The zero-order valence-electron chi connectivity index (χ0n) is 25.8. The fourth-order valence-corrected chi connectivity index (χ4v) is 7.09. The van der Waals surface area contributed by atoms with Crippen molar-refractivity contribution in [1.29, 1.82) is 0 Å². The number of benzene rings is 2. The van der Waals surface area contributed by atoms with Gasteiger partial charge in [-0.05, 0) is 83.8 Å². The monoisotopic (exact) mass is 573 g/mol. The number of anilines is 2. The second-order valence-corrected chi connectivity index (χ2v) is 19.1. The summed E-state index contributed by atoms with van der Waals surface area (Å²) < 4.78 is 11.8. The molecule has 0 heterocycles. The highest BCUT2D eigenvalue weighted by molar-refractivity contribution is 6.84. The second kappa shape index (κ2) is 10.7. The molecule has 2 aliphatic carbocycles. The van der Waals surface area contributed by atoms with Gasteiger partial charge in [-0.25, -0.2) is 9.59 Å². The lowest BCUT2D eigenvalue weighted by atomic mass is 9.74. The third-order valence-corrected chi connectivity index (χ3v) is 9.30. The molecule has 2 aromatic carbocycles. The summed E-state index contributed by atoms with van der Waals surface area (Å²) in [7, 11) is -2.30. The molecule has 0 N–H and O–H groups in total. The van der Waals surface area contributed by atoms with Gasteiger partial charge in [0.15, 0.2) is 0 Å². The Bertz CT molecular complexity index is 1350. The van der Waals surface area contributed by atoms with Crippen LogP contribution in [0.2, 0.25) is 19.6 Å². The Kier molecular flexibility index (Phi) is 8.00. The maximum absolute atomic E-state index is 14.8. The quantitative estimate of drug-likeness (QED) is 0.264. The Balaban J connectivity index is 1.95. The number of amides is 1. The summed E-state index contributed by atoms with van der Waals surface area (Å²) in [6.07, 6.45) is 3.17.